The van der Waals surface area contributed by atoms with Crippen molar-refractivity contribution in [3.8, 4) is 0 Å². The predicted octanol–water partition coefficient (Wildman–Crippen LogP) is 1.98. The molecule has 18 heavy (non-hydrogen) atoms. The first-order valence-corrected chi connectivity index (χ1v) is 5.50. The van der Waals surface area contributed by atoms with E-state index in [2.05, 4.69) is 20.8 Å². The second-order valence-electron chi connectivity index (χ2n) is 3.86. The number of rotatable bonds is 3. The SMILES string of the molecule is CNc1cc(C(=O)Nc2onc(C)c2C)ccn1. The summed E-state index contributed by atoms with van der Waals surface area (Å²) in [5, 5.41) is 9.33. The molecule has 2 rings (SSSR count). The van der Waals surface area contributed by atoms with Gasteiger partial charge in [0.15, 0.2) is 0 Å². The summed E-state index contributed by atoms with van der Waals surface area (Å²) in [7, 11) is 1.74. The van der Waals surface area contributed by atoms with E-state index in [1.165, 1.54) is 0 Å². The largest absolute Gasteiger partial charge is 0.373 e. The first kappa shape index (κ1) is 12.1. The Bertz CT molecular complexity index is 577. The lowest BCUT2D eigenvalue weighted by molar-refractivity contribution is 0.102. The van der Waals surface area contributed by atoms with Crippen LogP contribution < -0.4 is 10.6 Å². The van der Waals surface area contributed by atoms with Gasteiger partial charge in [0.05, 0.1) is 5.69 Å². The fraction of sp³-hybridized carbons (Fsp3) is 0.250. The average Bonchev–Trinajstić information content (AvgIpc) is 2.71. The molecule has 1 amide bonds. The molecule has 2 N–H and O–H groups in total. The molecule has 0 spiro atoms. The lowest BCUT2D eigenvalue weighted by Gasteiger charge is -2.04. The van der Waals surface area contributed by atoms with Crippen molar-refractivity contribution in [1.82, 2.24) is 10.1 Å². The predicted molar refractivity (Wildman–Crippen MR) is 67.7 cm³/mol. The lowest BCUT2D eigenvalue weighted by atomic mass is 10.2. The van der Waals surface area contributed by atoms with Crippen LogP contribution >= 0.6 is 0 Å². The van der Waals surface area contributed by atoms with E-state index in [0.29, 0.717) is 17.3 Å². The molecule has 0 radical (unpaired) electrons. The molecule has 2 aromatic rings. The molecular weight excluding hydrogens is 232 g/mol. The van der Waals surface area contributed by atoms with E-state index in [0.717, 1.165) is 11.3 Å². The molecule has 0 aliphatic rings. The van der Waals surface area contributed by atoms with E-state index >= 15 is 0 Å². The fourth-order valence-corrected chi connectivity index (χ4v) is 1.42. The van der Waals surface area contributed by atoms with Gasteiger partial charge in [0, 0.05) is 24.4 Å². The highest BCUT2D eigenvalue weighted by atomic mass is 16.5. The summed E-state index contributed by atoms with van der Waals surface area (Å²) in [6, 6.07) is 3.29. The van der Waals surface area contributed by atoms with Crippen LogP contribution in [0.4, 0.5) is 11.7 Å². The van der Waals surface area contributed by atoms with Gasteiger partial charge in [0.1, 0.15) is 5.82 Å². The second-order valence-corrected chi connectivity index (χ2v) is 3.86. The molecule has 0 saturated heterocycles. The standard InChI is InChI=1S/C12H14N4O2/c1-7-8(2)16-18-12(7)15-11(17)9-4-5-14-10(6-9)13-3/h4-6H,1-3H3,(H,13,14)(H,15,17). The zero-order valence-corrected chi connectivity index (χ0v) is 10.4. The first-order valence-electron chi connectivity index (χ1n) is 5.50. The molecule has 2 aromatic heterocycles. The lowest BCUT2D eigenvalue weighted by Crippen LogP contribution is -2.12. The third-order valence-corrected chi connectivity index (χ3v) is 2.66. The van der Waals surface area contributed by atoms with Gasteiger partial charge in [-0.1, -0.05) is 5.16 Å². The normalized spacial score (nSPS) is 10.2. The Hall–Kier alpha value is -2.37. The molecule has 2 heterocycles. The van der Waals surface area contributed by atoms with Crippen LogP contribution in [0, 0.1) is 13.8 Å². The zero-order chi connectivity index (χ0) is 13.1. The van der Waals surface area contributed by atoms with Crippen LogP contribution in [0.5, 0.6) is 0 Å². The molecule has 0 fully saturated rings. The molecule has 0 unspecified atom stereocenters. The quantitative estimate of drug-likeness (QED) is 0.865. The average molecular weight is 246 g/mol. The van der Waals surface area contributed by atoms with Crippen LogP contribution in [0.2, 0.25) is 0 Å². The summed E-state index contributed by atoms with van der Waals surface area (Å²) in [6.07, 6.45) is 1.57. The number of carbonyl (C=O) groups is 1. The van der Waals surface area contributed by atoms with Crippen molar-refractivity contribution in [2.75, 3.05) is 17.7 Å². The number of carbonyl (C=O) groups excluding carboxylic acids is 1. The maximum atomic E-state index is 12.0. The molecule has 0 aromatic carbocycles. The highest BCUT2D eigenvalue weighted by Crippen LogP contribution is 2.18. The number of aromatic nitrogens is 2. The number of aryl methyl sites for hydroxylation is 1. The van der Waals surface area contributed by atoms with Crippen molar-refractivity contribution in [3.05, 3.63) is 35.2 Å². The van der Waals surface area contributed by atoms with Gasteiger partial charge in [0.25, 0.3) is 5.91 Å². The van der Waals surface area contributed by atoms with Gasteiger partial charge in [0.2, 0.25) is 5.88 Å². The van der Waals surface area contributed by atoms with Gasteiger partial charge in [-0.3, -0.25) is 10.1 Å². The Morgan fingerprint density at radius 1 is 1.39 bits per heavy atom. The molecular formula is C12H14N4O2. The molecule has 6 heteroatoms. The number of hydrogen-bond acceptors (Lipinski definition) is 5. The monoisotopic (exact) mass is 246 g/mol. The van der Waals surface area contributed by atoms with Crippen LogP contribution in [0.25, 0.3) is 0 Å². The number of nitrogens with one attached hydrogen (secondary N) is 2. The number of nitrogens with zero attached hydrogens (tertiary/aromatic N) is 2. The summed E-state index contributed by atoms with van der Waals surface area (Å²) in [4.78, 5) is 16.0. The number of hydrogen-bond donors (Lipinski definition) is 2. The van der Waals surface area contributed by atoms with E-state index in [4.69, 9.17) is 4.52 Å². The third-order valence-electron chi connectivity index (χ3n) is 2.66. The minimum absolute atomic E-state index is 0.256. The van der Waals surface area contributed by atoms with E-state index in [-0.39, 0.29) is 5.91 Å². The zero-order valence-electron chi connectivity index (χ0n) is 10.4. The minimum Gasteiger partial charge on any atom is -0.373 e. The van der Waals surface area contributed by atoms with Crippen LogP contribution in [0.15, 0.2) is 22.9 Å². The highest BCUT2D eigenvalue weighted by Gasteiger charge is 2.13. The molecule has 0 bridgehead atoms. The summed E-state index contributed by atoms with van der Waals surface area (Å²) in [5.74, 6) is 0.751. The maximum Gasteiger partial charge on any atom is 0.258 e. The van der Waals surface area contributed by atoms with Gasteiger partial charge in [-0.2, -0.15) is 0 Å². The smallest absolute Gasteiger partial charge is 0.258 e. The molecule has 6 nitrogen and oxygen atoms in total. The minimum atomic E-state index is -0.256. The van der Waals surface area contributed by atoms with E-state index < -0.39 is 0 Å². The summed E-state index contributed by atoms with van der Waals surface area (Å²) >= 11 is 0. The second kappa shape index (κ2) is 4.87. The van der Waals surface area contributed by atoms with Crippen molar-refractivity contribution in [2.24, 2.45) is 0 Å². The maximum absolute atomic E-state index is 12.0. The van der Waals surface area contributed by atoms with Crippen molar-refractivity contribution >= 4 is 17.6 Å². The summed E-state index contributed by atoms with van der Waals surface area (Å²) < 4.78 is 5.03. The van der Waals surface area contributed by atoms with Crippen LogP contribution in [0.1, 0.15) is 21.6 Å². The number of anilines is 2. The first-order chi connectivity index (χ1) is 8.61. The number of amides is 1. The Labute approximate surface area is 104 Å². The van der Waals surface area contributed by atoms with E-state index in [1.807, 2.05) is 13.8 Å². The van der Waals surface area contributed by atoms with Crippen molar-refractivity contribution in [1.29, 1.82) is 0 Å². The van der Waals surface area contributed by atoms with Gasteiger partial charge < -0.3 is 9.84 Å². The van der Waals surface area contributed by atoms with Gasteiger partial charge in [-0.15, -0.1) is 0 Å². The molecule has 0 aliphatic heterocycles. The Kier molecular flexibility index (Phi) is 3.27. The van der Waals surface area contributed by atoms with E-state index in [9.17, 15) is 4.79 Å². The summed E-state index contributed by atoms with van der Waals surface area (Å²) in [5.41, 5.74) is 2.09. The molecule has 0 atom stereocenters. The Morgan fingerprint density at radius 3 is 2.78 bits per heavy atom. The topological polar surface area (TPSA) is 80.0 Å². The molecule has 94 valence electrons. The summed E-state index contributed by atoms with van der Waals surface area (Å²) in [6.45, 7) is 3.66. The van der Waals surface area contributed by atoms with Gasteiger partial charge >= 0.3 is 0 Å². The van der Waals surface area contributed by atoms with E-state index in [1.54, 1.807) is 25.4 Å². The van der Waals surface area contributed by atoms with Crippen molar-refractivity contribution in [2.45, 2.75) is 13.8 Å². The highest BCUT2D eigenvalue weighted by molar-refractivity contribution is 6.04. The molecule has 0 aliphatic carbocycles. The Balaban J connectivity index is 2.19. The van der Waals surface area contributed by atoms with Crippen LogP contribution in [-0.4, -0.2) is 23.1 Å². The van der Waals surface area contributed by atoms with Crippen molar-refractivity contribution in [3.63, 3.8) is 0 Å². The van der Waals surface area contributed by atoms with Gasteiger partial charge in [-0.25, -0.2) is 4.98 Å². The number of pyridine rings is 1. The van der Waals surface area contributed by atoms with Crippen LogP contribution in [-0.2, 0) is 0 Å². The third kappa shape index (κ3) is 2.32. The fourth-order valence-electron chi connectivity index (χ4n) is 1.42. The molecule has 0 saturated carbocycles. The van der Waals surface area contributed by atoms with Gasteiger partial charge in [-0.05, 0) is 26.0 Å². The Morgan fingerprint density at radius 2 is 2.17 bits per heavy atom. The van der Waals surface area contributed by atoms with Crippen LogP contribution in [0.3, 0.4) is 0 Å². The van der Waals surface area contributed by atoms with Crippen molar-refractivity contribution < 1.29 is 9.32 Å².